The van der Waals surface area contributed by atoms with Gasteiger partial charge in [0.05, 0.1) is 0 Å². The minimum absolute atomic E-state index is 0.726. The lowest BCUT2D eigenvalue weighted by Crippen LogP contribution is -2.34. The maximum absolute atomic E-state index is 5.92. The second-order valence-corrected chi connectivity index (χ2v) is 6.78. The third-order valence-electron chi connectivity index (χ3n) is 4.30. The molecule has 2 heterocycles. The van der Waals surface area contributed by atoms with Crippen LogP contribution in [-0.4, -0.2) is 23.1 Å². The Morgan fingerprint density at radius 1 is 1.17 bits per heavy atom. The molecule has 0 amide bonds. The van der Waals surface area contributed by atoms with Crippen molar-refractivity contribution < 1.29 is 0 Å². The number of rotatable bonds is 4. The van der Waals surface area contributed by atoms with E-state index in [4.69, 9.17) is 16.6 Å². The predicted molar refractivity (Wildman–Crippen MR) is 96.2 cm³/mol. The molecule has 23 heavy (non-hydrogen) atoms. The smallest absolute Gasteiger partial charge is 0.227 e. The molecule has 4 nitrogen and oxygen atoms in total. The predicted octanol–water partition coefficient (Wildman–Crippen LogP) is 4.29. The van der Waals surface area contributed by atoms with Gasteiger partial charge < -0.3 is 10.2 Å². The van der Waals surface area contributed by atoms with Crippen LogP contribution in [0.25, 0.3) is 0 Å². The van der Waals surface area contributed by atoms with E-state index in [0.29, 0.717) is 0 Å². The first-order valence-corrected chi connectivity index (χ1v) is 8.57. The molecule has 1 aromatic heterocycles. The van der Waals surface area contributed by atoms with Crippen molar-refractivity contribution >= 4 is 23.4 Å². The fourth-order valence-corrected chi connectivity index (χ4v) is 2.91. The highest BCUT2D eigenvalue weighted by Gasteiger charge is 2.18. The molecule has 1 fully saturated rings. The molecular formula is C18H23ClN4. The molecule has 0 spiro atoms. The number of hydrogen-bond acceptors (Lipinski definition) is 4. The van der Waals surface area contributed by atoms with Crippen LogP contribution >= 0.6 is 11.6 Å². The molecule has 122 valence electrons. The number of nitrogens with zero attached hydrogens (tertiary/aromatic N) is 3. The molecule has 1 aliphatic rings. The molecule has 0 aliphatic carbocycles. The minimum Gasteiger partial charge on any atom is -0.366 e. The van der Waals surface area contributed by atoms with E-state index in [1.54, 1.807) is 0 Å². The summed E-state index contributed by atoms with van der Waals surface area (Å²) in [4.78, 5) is 11.6. The summed E-state index contributed by atoms with van der Waals surface area (Å²) in [6.07, 6.45) is 2.43. The summed E-state index contributed by atoms with van der Waals surface area (Å²) in [5.74, 6) is 2.52. The van der Waals surface area contributed by atoms with Crippen molar-refractivity contribution in [3.05, 3.63) is 46.6 Å². The number of hydrogen-bond donors (Lipinski definition) is 1. The SMILES string of the molecule is Cc1cc(NCc2ccc(Cl)cc2)nc(N2CCC(C)CC2)n1. The first kappa shape index (κ1) is 16.1. The zero-order valence-corrected chi connectivity index (χ0v) is 14.5. The van der Waals surface area contributed by atoms with Crippen LogP contribution in [-0.2, 0) is 6.54 Å². The highest BCUT2D eigenvalue weighted by Crippen LogP contribution is 2.22. The van der Waals surface area contributed by atoms with Crippen molar-refractivity contribution in [2.45, 2.75) is 33.2 Å². The summed E-state index contributed by atoms with van der Waals surface area (Å²) < 4.78 is 0. The number of nitrogens with one attached hydrogen (secondary N) is 1. The molecule has 0 unspecified atom stereocenters. The third kappa shape index (κ3) is 4.35. The van der Waals surface area contributed by atoms with E-state index in [1.165, 1.54) is 18.4 Å². The molecule has 5 heteroatoms. The summed E-state index contributed by atoms with van der Waals surface area (Å²) >= 11 is 5.92. The van der Waals surface area contributed by atoms with Gasteiger partial charge >= 0.3 is 0 Å². The van der Waals surface area contributed by atoms with Gasteiger partial charge in [0.15, 0.2) is 0 Å². The zero-order valence-electron chi connectivity index (χ0n) is 13.7. The molecule has 0 saturated carbocycles. The van der Waals surface area contributed by atoms with E-state index in [1.807, 2.05) is 37.3 Å². The van der Waals surface area contributed by atoms with Crippen LogP contribution < -0.4 is 10.2 Å². The van der Waals surface area contributed by atoms with Crippen LogP contribution in [0.1, 0.15) is 31.0 Å². The van der Waals surface area contributed by atoms with Crippen molar-refractivity contribution in [2.24, 2.45) is 5.92 Å². The van der Waals surface area contributed by atoms with Crippen LogP contribution in [0.3, 0.4) is 0 Å². The second-order valence-electron chi connectivity index (χ2n) is 6.34. The summed E-state index contributed by atoms with van der Waals surface area (Å²) in [6.45, 7) is 7.14. The fourth-order valence-electron chi connectivity index (χ4n) is 2.79. The molecule has 0 bridgehead atoms. The van der Waals surface area contributed by atoms with Crippen molar-refractivity contribution in [2.75, 3.05) is 23.3 Å². The van der Waals surface area contributed by atoms with Gasteiger partial charge in [-0.05, 0) is 43.4 Å². The molecule has 1 aliphatic heterocycles. The van der Waals surface area contributed by atoms with E-state index in [9.17, 15) is 0 Å². The van der Waals surface area contributed by atoms with Crippen molar-refractivity contribution in [1.82, 2.24) is 9.97 Å². The van der Waals surface area contributed by atoms with Crippen LogP contribution in [0.2, 0.25) is 5.02 Å². The van der Waals surface area contributed by atoms with Crippen molar-refractivity contribution in [1.29, 1.82) is 0 Å². The number of anilines is 2. The van der Waals surface area contributed by atoms with E-state index in [0.717, 1.165) is 48.0 Å². The highest BCUT2D eigenvalue weighted by molar-refractivity contribution is 6.30. The summed E-state index contributed by atoms with van der Waals surface area (Å²) in [6, 6.07) is 9.85. The summed E-state index contributed by atoms with van der Waals surface area (Å²) in [7, 11) is 0. The maximum Gasteiger partial charge on any atom is 0.227 e. The van der Waals surface area contributed by atoms with Gasteiger partial charge in [-0.3, -0.25) is 0 Å². The average Bonchev–Trinajstić information content (AvgIpc) is 2.54. The quantitative estimate of drug-likeness (QED) is 0.908. The molecule has 0 atom stereocenters. The molecule has 1 N–H and O–H groups in total. The number of aryl methyl sites for hydroxylation is 1. The Labute approximate surface area is 142 Å². The number of piperidine rings is 1. The maximum atomic E-state index is 5.92. The van der Waals surface area contributed by atoms with E-state index in [2.05, 4.69) is 22.1 Å². The van der Waals surface area contributed by atoms with Crippen LogP contribution in [0.15, 0.2) is 30.3 Å². The molecule has 2 aromatic rings. The third-order valence-corrected chi connectivity index (χ3v) is 4.55. The highest BCUT2D eigenvalue weighted by atomic mass is 35.5. The number of aromatic nitrogens is 2. The van der Waals surface area contributed by atoms with E-state index in [-0.39, 0.29) is 0 Å². The Morgan fingerprint density at radius 2 is 1.87 bits per heavy atom. The van der Waals surface area contributed by atoms with Crippen LogP contribution in [0, 0.1) is 12.8 Å². The van der Waals surface area contributed by atoms with Gasteiger partial charge in [0.1, 0.15) is 5.82 Å². The molecule has 3 rings (SSSR count). The van der Waals surface area contributed by atoms with Gasteiger partial charge in [0, 0.05) is 36.4 Å². The lowest BCUT2D eigenvalue weighted by molar-refractivity contribution is 0.434. The molecule has 1 aromatic carbocycles. The van der Waals surface area contributed by atoms with E-state index < -0.39 is 0 Å². The zero-order chi connectivity index (χ0) is 16.2. The largest absolute Gasteiger partial charge is 0.366 e. The van der Waals surface area contributed by atoms with Gasteiger partial charge in [-0.25, -0.2) is 4.98 Å². The lowest BCUT2D eigenvalue weighted by Gasteiger charge is -2.30. The Balaban J connectivity index is 1.68. The normalized spacial score (nSPS) is 15.7. The topological polar surface area (TPSA) is 41.1 Å². The van der Waals surface area contributed by atoms with Crippen LogP contribution in [0.5, 0.6) is 0 Å². The molecule has 1 saturated heterocycles. The van der Waals surface area contributed by atoms with Gasteiger partial charge in [-0.1, -0.05) is 30.7 Å². The standard InChI is InChI=1S/C18H23ClN4/c1-13-7-9-23(10-8-13)18-21-14(2)11-17(22-18)20-12-15-3-5-16(19)6-4-15/h3-6,11,13H,7-10,12H2,1-2H3,(H,20,21,22). The Hall–Kier alpha value is -1.81. The van der Waals surface area contributed by atoms with Crippen molar-refractivity contribution in [3.63, 3.8) is 0 Å². The van der Waals surface area contributed by atoms with Crippen molar-refractivity contribution in [3.8, 4) is 0 Å². The Morgan fingerprint density at radius 3 is 2.57 bits per heavy atom. The number of halogens is 1. The first-order valence-electron chi connectivity index (χ1n) is 8.19. The monoisotopic (exact) mass is 330 g/mol. The fraction of sp³-hybridized carbons (Fsp3) is 0.444. The Kier molecular flexibility index (Phi) is 5.01. The number of benzene rings is 1. The summed E-state index contributed by atoms with van der Waals surface area (Å²) in [5, 5.41) is 4.15. The van der Waals surface area contributed by atoms with Gasteiger partial charge in [-0.15, -0.1) is 0 Å². The van der Waals surface area contributed by atoms with Crippen LogP contribution in [0.4, 0.5) is 11.8 Å². The second kappa shape index (κ2) is 7.18. The summed E-state index contributed by atoms with van der Waals surface area (Å²) in [5.41, 5.74) is 2.17. The van der Waals surface area contributed by atoms with Gasteiger partial charge in [0.2, 0.25) is 5.95 Å². The molecular weight excluding hydrogens is 308 g/mol. The van der Waals surface area contributed by atoms with Gasteiger partial charge in [0.25, 0.3) is 0 Å². The first-order chi connectivity index (χ1) is 11.1. The minimum atomic E-state index is 0.726. The molecule has 0 radical (unpaired) electrons. The lowest BCUT2D eigenvalue weighted by atomic mass is 10.00. The van der Waals surface area contributed by atoms with Gasteiger partial charge in [-0.2, -0.15) is 4.98 Å². The average molecular weight is 331 g/mol. The van der Waals surface area contributed by atoms with E-state index >= 15 is 0 Å². The Bertz CT molecular complexity index is 649.